The van der Waals surface area contributed by atoms with Crippen molar-refractivity contribution in [1.82, 2.24) is 25.0 Å². The predicted octanol–water partition coefficient (Wildman–Crippen LogP) is 2.57. The number of methoxy groups -OCH3 is 1. The number of ether oxygens (including phenoxy) is 1. The van der Waals surface area contributed by atoms with E-state index >= 15 is 0 Å². The Labute approximate surface area is 170 Å². The highest BCUT2D eigenvalue weighted by molar-refractivity contribution is 5.79. The van der Waals surface area contributed by atoms with Gasteiger partial charge in [0.1, 0.15) is 5.75 Å². The van der Waals surface area contributed by atoms with Crippen LogP contribution in [0.25, 0.3) is 11.0 Å². The molecule has 1 aliphatic heterocycles. The van der Waals surface area contributed by atoms with Gasteiger partial charge in [0.25, 0.3) is 0 Å². The van der Waals surface area contributed by atoms with Gasteiger partial charge in [0.15, 0.2) is 5.65 Å². The van der Waals surface area contributed by atoms with E-state index in [-0.39, 0.29) is 5.91 Å². The van der Waals surface area contributed by atoms with Gasteiger partial charge in [-0.3, -0.25) is 9.69 Å². The van der Waals surface area contributed by atoms with E-state index in [1.807, 2.05) is 22.9 Å². The van der Waals surface area contributed by atoms with E-state index in [4.69, 9.17) is 9.84 Å². The quantitative estimate of drug-likeness (QED) is 0.668. The van der Waals surface area contributed by atoms with Crippen molar-refractivity contribution >= 4 is 16.9 Å². The van der Waals surface area contributed by atoms with Crippen LogP contribution in [0.4, 0.5) is 0 Å². The summed E-state index contributed by atoms with van der Waals surface area (Å²) in [5, 5.41) is 8.84. The average Bonchev–Trinajstić information content (AvgIpc) is 3.33. The molecular weight excluding hydrogens is 366 g/mol. The minimum Gasteiger partial charge on any atom is -0.497 e. The van der Waals surface area contributed by atoms with Crippen molar-refractivity contribution in [3.8, 4) is 5.75 Å². The number of nitrogens with zero attached hydrogens (tertiary/aromatic N) is 4. The van der Waals surface area contributed by atoms with E-state index < -0.39 is 0 Å². The van der Waals surface area contributed by atoms with Gasteiger partial charge in [-0.15, -0.1) is 0 Å². The minimum absolute atomic E-state index is 0.0291. The van der Waals surface area contributed by atoms with Crippen LogP contribution in [0.1, 0.15) is 30.5 Å². The lowest BCUT2D eigenvalue weighted by atomic mass is 10.0. The molecule has 7 nitrogen and oxygen atoms in total. The molecular formula is C22H27N5O2. The third-order valence-electron chi connectivity index (χ3n) is 5.43. The molecule has 0 bridgehead atoms. The number of likely N-dealkylation sites (tertiary alicyclic amines) is 1. The van der Waals surface area contributed by atoms with Gasteiger partial charge in [0, 0.05) is 44.1 Å². The summed E-state index contributed by atoms with van der Waals surface area (Å²) >= 11 is 0. The number of fused-ring (bicyclic) bond motifs is 1. The summed E-state index contributed by atoms with van der Waals surface area (Å²) < 4.78 is 7.27. The first-order valence-electron chi connectivity index (χ1n) is 10.0. The van der Waals surface area contributed by atoms with E-state index in [1.165, 1.54) is 12.5 Å². The molecule has 0 spiro atoms. The maximum absolute atomic E-state index is 11.2. The van der Waals surface area contributed by atoms with Gasteiger partial charge >= 0.3 is 0 Å². The molecule has 2 aromatic heterocycles. The number of hydrogen-bond acceptors (Lipinski definition) is 5. The maximum Gasteiger partial charge on any atom is 0.216 e. The van der Waals surface area contributed by atoms with Gasteiger partial charge in [-0.25, -0.2) is 9.67 Å². The number of amides is 1. The van der Waals surface area contributed by atoms with Crippen LogP contribution in [0.3, 0.4) is 0 Å². The molecule has 1 N–H and O–H groups in total. The Bertz CT molecular complexity index is 1000. The molecule has 0 unspecified atom stereocenters. The zero-order valence-electron chi connectivity index (χ0n) is 17.0. The molecule has 1 aromatic carbocycles. The summed E-state index contributed by atoms with van der Waals surface area (Å²) in [6.07, 6.45) is 2.88. The summed E-state index contributed by atoms with van der Waals surface area (Å²) in [6.45, 7) is 5.63. The number of rotatable bonds is 7. The molecule has 4 rings (SSSR count). The highest BCUT2D eigenvalue weighted by atomic mass is 16.5. The number of nitrogens with one attached hydrogen (secondary N) is 1. The Hall–Kier alpha value is -2.93. The van der Waals surface area contributed by atoms with Gasteiger partial charge in [-0.2, -0.15) is 5.10 Å². The van der Waals surface area contributed by atoms with Gasteiger partial charge in [0.05, 0.1) is 19.3 Å². The first-order chi connectivity index (χ1) is 14.1. The SMILES string of the molecule is COc1cccc(CN2CC[C@H](c3nn(CCNC(C)=O)c4ncccc34)C2)c1. The van der Waals surface area contributed by atoms with Crippen LogP contribution >= 0.6 is 0 Å². The first kappa shape index (κ1) is 19.4. The van der Waals surface area contributed by atoms with Crippen molar-refractivity contribution in [3.05, 3.63) is 53.9 Å². The minimum atomic E-state index is -0.0291. The lowest BCUT2D eigenvalue weighted by Gasteiger charge is -2.16. The highest BCUT2D eigenvalue weighted by Crippen LogP contribution is 2.32. The van der Waals surface area contributed by atoms with Crippen molar-refractivity contribution in [3.63, 3.8) is 0 Å². The molecule has 1 aliphatic rings. The second-order valence-corrected chi connectivity index (χ2v) is 7.54. The molecule has 152 valence electrons. The summed E-state index contributed by atoms with van der Waals surface area (Å²) in [7, 11) is 1.70. The highest BCUT2D eigenvalue weighted by Gasteiger charge is 2.28. The molecule has 3 aromatic rings. The van der Waals surface area contributed by atoms with Crippen LogP contribution in [0.2, 0.25) is 0 Å². The van der Waals surface area contributed by atoms with Gasteiger partial charge in [0.2, 0.25) is 5.91 Å². The van der Waals surface area contributed by atoms with Crippen molar-refractivity contribution < 1.29 is 9.53 Å². The first-order valence-corrected chi connectivity index (χ1v) is 10.0. The molecule has 1 amide bonds. The number of aromatic nitrogens is 3. The lowest BCUT2D eigenvalue weighted by Crippen LogP contribution is -2.25. The Morgan fingerprint density at radius 2 is 2.21 bits per heavy atom. The fraction of sp³-hybridized carbons (Fsp3) is 0.409. The van der Waals surface area contributed by atoms with Crippen LogP contribution in [-0.2, 0) is 17.9 Å². The largest absolute Gasteiger partial charge is 0.497 e. The fourth-order valence-electron chi connectivity index (χ4n) is 4.06. The van der Waals surface area contributed by atoms with Gasteiger partial charge in [-0.05, 0) is 42.8 Å². The van der Waals surface area contributed by atoms with E-state index in [2.05, 4.69) is 33.4 Å². The predicted molar refractivity (Wildman–Crippen MR) is 112 cm³/mol. The van der Waals surface area contributed by atoms with Gasteiger partial charge < -0.3 is 10.1 Å². The van der Waals surface area contributed by atoms with E-state index in [0.29, 0.717) is 19.0 Å². The Kier molecular flexibility index (Phi) is 5.76. The van der Waals surface area contributed by atoms with Crippen LogP contribution in [-0.4, -0.2) is 52.3 Å². The lowest BCUT2D eigenvalue weighted by molar-refractivity contribution is -0.118. The van der Waals surface area contributed by atoms with Crippen molar-refractivity contribution in [1.29, 1.82) is 0 Å². The van der Waals surface area contributed by atoms with Crippen LogP contribution in [0.15, 0.2) is 42.6 Å². The van der Waals surface area contributed by atoms with E-state index in [1.54, 1.807) is 13.3 Å². The second-order valence-electron chi connectivity index (χ2n) is 7.54. The second kappa shape index (κ2) is 8.61. The van der Waals surface area contributed by atoms with Gasteiger partial charge in [-0.1, -0.05) is 12.1 Å². The average molecular weight is 393 g/mol. The monoisotopic (exact) mass is 393 g/mol. The normalized spacial score (nSPS) is 17.0. The molecule has 1 fully saturated rings. The Morgan fingerprint density at radius 1 is 1.31 bits per heavy atom. The molecule has 0 saturated carbocycles. The topological polar surface area (TPSA) is 72.3 Å². The summed E-state index contributed by atoms with van der Waals surface area (Å²) in [5.41, 5.74) is 3.26. The summed E-state index contributed by atoms with van der Waals surface area (Å²) in [5.74, 6) is 1.25. The number of benzene rings is 1. The van der Waals surface area contributed by atoms with Crippen molar-refractivity contribution in [2.24, 2.45) is 0 Å². The van der Waals surface area contributed by atoms with Crippen LogP contribution in [0, 0.1) is 0 Å². The maximum atomic E-state index is 11.2. The van der Waals surface area contributed by atoms with E-state index in [9.17, 15) is 4.79 Å². The van der Waals surface area contributed by atoms with Crippen LogP contribution in [0.5, 0.6) is 5.75 Å². The summed E-state index contributed by atoms with van der Waals surface area (Å²) in [4.78, 5) is 18.2. The van der Waals surface area contributed by atoms with Crippen molar-refractivity contribution in [2.45, 2.75) is 32.4 Å². The molecule has 0 radical (unpaired) electrons. The zero-order valence-corrected chi connectivity index (χ0v) is 17.0. The molecule has 7 heteroatoms. The third-order valence-corrected chi connectivity index (χ3v) is 5.43. The number of hydrogen-bond donors (Lipinski definition) is 1. The molecule has 1 atom stereocenters. The third kappa shape index (κ3) is 4.40. The molecule has 0 aliphatic carbocycles. The number of pyridine rings is 1. The summed E-state index contributed by atoms with van der Waals surface area (Å²) in [6, 6.07) is 12.3. The van der Waals surface area contributed by atoms with Crippen molar-refractivity contribution in [2.75, 3.05) is 26.7 Å². The van der Waals surface area contributed by atoms with Crippen LogP contribution < -0.4 is 10.1 Å². The van der Waals surface area contributed by atoms with E-state index in [0.717, 1.165) is 48.5 Å². The smallest absolute Gasteiger partial charge is 0.216 e. The Balaban J connectivity index is 1.49. The standard InChI is InChI=1S/C22H27N5O2/c1-16(28)23-10-12-27-22-20(7-4-9-24-22)21(25-27)18-8-11-26(15-18)14-17-5-3-6-19(13-17)29-2/h3-7,9,13,18H,8,10-12,14-15H2,1-2H3,(H,23,28)/t18-/m0/s1. The number of carbonyl (C=O) groups excluding carboxylic acids is 1. The number of carbonyl (C=O) groups is 1. The zero-order chi connectivity index (χ0) is 20.2. The fourth-order valence-corrected chi connectivity index (χ4v) is 4.06. The Morgan fingerprint density at radius 3 is 3.03 bits per heavy atom. The molecule has 29 heavy (non-hydrogen) atoms. The molecule has 1 saturated heterocycles. The molecule has 3 heterocycles.